The Hall–Kier alpha value is -2.42. The zero-order valence-corrected chi connectivity index (χ0v) is 25.8. The molecule has 1 fully saturated rings. The molecule has 0 spiro atoms. The van der Waals surface area contributed by atoms with Crippen molar-refractivity contribution in [1.29, 1.82) is 5.26 Å². The SMILES string of the molecule is CCCC(C)(C)CC[C@@](C)(CC[C@]1(C)CC(=O)C=C2[C@@]3(C)C=C(C#N)C(=O)[C@@H](C)[C@@H]3CC[C@]21C)NC(=O)NC. The summed E-state index contributed by atoms with van der Waals surface area (Å²) in [5.74, 6) is -0.114. The number of hydrogen-bond donors (Lipinski definition) is 2. The Morgan fingerprint density at radius 2 is 1.79 bits per heavy atom. The van der Waals surface area contributed by atoms with Gasteiger partial charge < -0.3 is 10.6 Å². The van der Waals surface area contributed by atoms with Crippen molar-refractivity contribution in [3.8, 4) is 6.07 Å². The Kier molecular flexibility index (Phi) is 8.67. The number of rotatable bonds is 9. The lowest BCUT2D eigenvalue weighted by Crippen LogP contribution is -2.56. The lowest BCUT2D eigenvalue weighted by molar-refractivity contribution is -0.126. The fourth-order valence-corrected chi connectivity index (χ4v) is 8.17. The highest BCUT2D eigenvalue weighted by Crippen LogP contribution is 2.67. The van der Waals surface area contributed by atoms with Gasteiger partial charge in [0.15, 0.2) is 11.6 Å². The minimum atomic E-state index is -0.503. The minimum Gasteiger partial charge on any atom is -0.341 e. The molecule has 1 saturated carbocycles. The van der Waals surface area contributed by atoms with Gasteiger partial charge in [0.25, 0.3) is 0 Å². The number of Topliss-reactive ketones (excluding diaryl/α,β-unsaturated/α-hetero) is 1. The second-order valence-electron chi connectivity index (χ2n) is 14.5. The molecule has 2 N–H and O–H groups in total. The largest absolute Gasteiger partial charge is 0.341 e. The molecule has 0 aromatic heterocycles. The van der Waals surface area contributed by atoms with Crippen LogP contribution < -0.4 is 10.6 Å². The first kappa shape index (κ1) is 31.1. The van der Waals surface area contributed by atoms with E-state index in [1.54, 1.807) is 7.05 Å². The van der Waals surface area contributed by atoms with Crippen LogP contribution in [0.4, 0.5) is 4.79 Å². The number of urea groups is 1. The first-order valence-corrected chi connectivity index (χ1v) is 14.9. The van der Waals surface area contributed by atoms with Crippen molar-refractivity contribution in [3.05, 3.63) is 23.3 Å². The van der Waals surface area contributed by atoms with Gasteiger partial charge in [0.2, 0.25) is 0 Å². The van der Waals surface area contributed by atoms with E-state index in [1.807, 2.05) is 19.1 Å². The van der Waals surface area contributed by atoms with Crippen LogP contribution >= 0.6 is 0 Å². The zero-order valence-electron chi connectivity index (χ0n) is 25.8. The van der Waals surface area contributed by atoms with E-state index in [2.05, 4.69) is 65.2 Å². The Balaban J connectivity index is 1.96. The molecule has 0 heterocycles. The number of amides is 2. The maximum absolute atomic E-state index is 13.4. The van der Waals surface area contributed by atoms with Crippen molar-refractivity contribution in [1.82, 2.24) is 10.6 Å². The summed E-state index contributed by atoms with van der Waals surface area (Å²) in [5, 5.41) is 15.7. The molecule has 0 radical (unpaired) electrons. The lowest BCUT2D eigenvalue weighted by Gasteiger charge is -2.61. The van der Waals surface area contributed by atoms with E-state index in [0.29, 0.717) is 6.42 Å². The summed E-state index contributed by atoms with van der Waals surface area (Å²) in [5.41, 5.74) is 0.0355. The van der Waals surface area contributed by atoms with Crippen LogP contribution in [0.2, 0.25) is 0 Å². The average Bonchev–Trinajstić information content (AvgIpc) is 2.85. The molecule has 2 amide bonds. The molecule has 6 nitrogen and oxygen atoms in total. The van der Waals surface area contributed by atoms with Crippen molar-refractivity contribution in [3.63, 3.8) is 0 Å². The molecule has 3 rings (SSSR count). The maximum atomic E-state index is 13.4. The van der Waals surface area contributed by atoms with Crippen LogP contribution in [0.5, 0.6) is 0 Å². The summed E-state index contributed by atoms with van der Waals surface area (Å²) in [6.45, 7) is 17.6. The fourth-order valence-electron chi connectivity index (χ4n) is 8.17. The van der Waals surface area contributed by atoms with Crippen molar-refractivity contribution >= 4 is 17.6 Å². The van der Waals surface area contributed by atoms with E-state index < -0.39 is 11.0 Å². The Morgan fingerprint density at radius 3 is 2.38 bits per heavy atom. The van der Waals surface area contributed by atoms with E-state index >= 15 is 0 Å². The van der Waals surface area contributed by atoms with Gasteiger partial charge in [-0.2, -0.15) is 5.26 Å². The molecule has 0 aromatic carbocycles. The normalized spacial score (nSPS) is 34.1. The van der Waals surface area contributed by atoms with Crippen molar-refractivity contribution in [2.45, 2.75) is 119 Å². The highest BCUT2D eigenvalue weighted by atomic mass is 16.2. The molecule has 0 aliphatic heterocycles. The van der Waals surface area contributed by atoms with E-state index in [1.165, 1.54) is 0 Å². The molecular weight excluding hydrogens is 486 g/mol. The van der Waals surface area contributed by atoms with Crippen molar-refractivity contribution in [2.75, 3.05) is 7.05 Å². The Labute approximate surface area is 236 Å². The molecule has 6 atom stereocenters. The summed E-state index contributed by atoms with van der Waals surface area (Å²) in [4.78, 5) is 38.7. The number of nitrogens with one attached hydrogen (secondary N) is 2. The molecular formula is C33H51N3O3. The highest BCUT2D eigenvalue weighted by molar-refractivity contribution is 6.02. The molecule has 216 valence electrons. The molecule has 0 bridgehead atoms. The molecule has 3 aliphatic rings. The first-order chi connectivity index (χ1) is 18.0. The van der Waals surface area contributed by atoms with Gasteiger partial charge in [0.05, 0.1) is 5.57 Å². The van der Waals surface area contributed by atoms with Gasteiger partial charge in [-0.05, 0) is 80.1 Å². The molecule has 39 heavy (non-hydrogen) atoms. The lowest BCUT2D eigenvalue weighted by atomic mass is 9.42. The third-order valence-corrected chi connectivity index (χ3v) is 11.1. The first-order valence-electron chi connectivity index (χ1n) is 14.9. The highest BCUT2D eigenvalue weighted by Gasteiger charge is 2.61. The van der Waals surface area contributed by atoms with Gasteiger partial charge in [-0.15, -0.1) is 0 Å². The van der Waals surface area contributed by atoms with E-state index in [4.69, 9.17) is 0 Å². The second-order valence-corrected chi connectivity index (χ2v) is 14.5. The average molecular weight is 538 g/mol. The molecule has 0 saturated heterocycles. The van der Waals surface area contributed by atoms with E-state index in [0.717, 1.165) is 56.9 Å². The topological polar surface area (TPSA) is 99.1 Å². The van der Waals surface area contributed by atoms with Gasteiger partial charge in [-0.3, -0.25) is 9.59 Å². The molecule has 3 aliphatic carbocycles. The molecule has 0 aromatic rings. The Bertz CT molecular complexity index is 1110. The van der Waals surface area contributed by atoms with Crippen LogP contribution in [0.15, 0.2) is 23.3 Å². The standard InChI is InChI=1S/C33H51N3O3/c1-10-12-29(3,4)14-16-31(6,36-28(39)35-9)17-15-30(5)20-24(37)18-26-32(7)19-23(21-34)27(38)22(2)25(32)11-13-33(26,30)8/h18-19,22,25H,10-17,20H2,1-9H3,(H2,35,36,39)/t22-,25-,30+,31-,32-,33+/m0/s1. The number of carbonyl (C=O) groups excluding carboxylic acids is 3. The van der Waals surface area contributed by atoms with Crippen LogP contribution in [0.1, 0.15) is 113 Å². The molecule has 0 unspecified atom stereocenters. The quantitative estimate of drug-likeness (QED) is 0.329. The van der Waals surface area contributed by atoms with Gasteiger partial charge in [-0.25, -0.2) is 4.79 Å². The molecule has 6 heteroatoms. The maximum Gasteiger partial charge on any atom is 0.314 e. The van der Waals surface area contributed by atoms with E-state index in [9.17, 15) is 19.6 Å². The summed E-state index contributed by atoms with van der Waals surface area (Å²) in [7, 11) is 1.65. The minimum absolute atomic E-state index is 0.0730. The van der Waals surface area contributed by atoms with Crippen molar-refractivity contribution in [2.24, 2.45) is 33.5 Å². The number of nitriles is 1. The summed E-state index contributed by atoms with van der Waals surface area (Å²) in [6, 6.07) is 1.96. The number of nitrogens with zero attached hydrogens (tertiary/aromatic N) is 1. The number of fused-ring (bicyclic) bond motifs is 3. The Morgan fingerprint density at radius 1 is 1.13 bits per heavy atom. The predicted molar refractivity (Wildman–Crippen MR) is 156 cm³/mol. The number of hydrogen-bond acceptors (Lipinski definition) is 4. The number of allylic oxidation sites excluding steroid dienone is 4. The van der Waals surface area contributed by atoms with Gasteiger partial charge >= 0.3 is 6.03 Å². The van der Waals surface area contributed by atoms with Gasteiger partial charge in [-0.1, -0.05) is 66.5 Å². The number of ketones is 2. The smallest absolute Gasteiger partial charge is 0.314 e. The predicted octanol–water partition coefficient (Wildman–Crippen LogP) is 7.06. The second kappa shape index (κ2) is 10.9. The third kappa shape index (κ3) is 5.74. The van der Waals surface area contributed by atoms with Gasteiger partial charge in [0, 0.05) is 30.3 Å². The van der Waals surface area contributed by atoms with Gasteiger partial charge in [0.1, 0.15) is 6.07 Å². The van der Waals surface area contributed by atoms with Crippen molar-refractivity contribution < 1.29 is 14.4 Å². The zero-order chi connectivity index (χ0) is 29.4. The van der Waals surface area contributed by atoms with Crippen LogP contribution in [0.3, 0.4) is 0 Å². The van der Waals surface area contributed by atoms with E-state index in [-0.39, 0.29) is 51.3 Å². The third-order valence-electron chi connectivity index (χ3n) is 11.1. The fraction of sp³-hybridized carbons (Fsp3) is 0.758. The summed E-state index contributed by atoms with van der Waals surface area (Å²) < 4.78 is 0. The summed E-state index contributed by atoms with van der Waals surface area (Å²) in [6.07, 6.45) is 11.7. The monoisotopic (exact) mass is 537 g/mol. The van der Waals surface area contributed by atoms with Crippen LogP contribution in [-0.2, 0) is 9.59 Å². The number of carbonyl (C=O) groups is 3. The van der Waals surface area contributed by atoms with Crippen LogP contribution in [-0.4, -0.2) is 30.2 Å². The van der Waals surface area contributed by atoms with Crippen LogP contribution in [0.25, 0.3) is 0 Å². The van der Waals surface area contributed by atoms with Crippen LogP contribution in [0, 0.1) is 44.8 Å². The summed E-state index contributed by atoms with van der Waals surface area (Å²) >= 11 is 0.